The molecule has 0 aliphatic carbocycles. The summed E-state index contributed by atoms with van der Waals surface area (Å²) in [6, 6.07) is 0. The van der Waals surface area contributed by atoms with Gasteiger partial charge >= 0.3 is 0 Å². The predicted molar refractivity (Wildman–Crippen MR) is 60.2 cm³/mol. The van der Waals surface area contributed by atoms with Gasteiger partial charge in [0.1, 0.15) is 0 Å². The molecule has 0 rings (SSSR count). The lowest BCUT2D eigenvalue weighted by molar-refractivity contribution is 0.548. The zero-order valence-corrected chi connectivity index (χ0v) is 10.4. The topological polar surface area (TPSA) is 41.1 Å². The van der Waals surface area contributed by atoms with Crippen LogP contribution in [-0.4, -0.2) is 30.5 Å². The van der Waals surface area contributed by atoms with Gasteiger partial charge in [-0.3, -0.25) is 14.7 Å². The van der Waals surface area contributed by atoms with E-state index in [1.54, 1.807) is 0 Å². The molecule has 13 heavy (non-hydrogen) atoms. The van der Waals surface area contributed by atoms with Crippen LogP contribution in [-0.2, 0) is 4.57 Å². The summed E-state index contributed by atoms with van der Waals surface area (Å²) in [5.74, 6) is 0.915. The van der Waals surface area contributed by atoms with E-state index < -0.39 is 7.44 Å². The molecule has 0 fully saturated rings. The van der Waals surface area contributed by atoms with Crippen LogP contribution < -0.4 is 10.2 Å². The molecule has 0 amide bonds. The largest absolute Gasteiger partial charge is 0.289 e. The molecule has 0 radical (unpaired) electrons. The maximum atomic E-state index is 12.1. The Kier molecular flexibility index (Phi) is 7.48. The van der Waals surface area contributed by atoms with Crippen molar-refractivity contribution >= 4 is 30.6 Å². The number of halogens is 2. The van der Waals surface area contributed by atoms with Crippen LogP contribution in [0.5, 0.6) is 0 Å². The summed E-state index contributed by atoms with van der Waals surface area (Å²) in [5, 5.41) is 5.87. The highest BCUT2D eigenvalue weighted by Crippen LogP contribution is 2.40. The molecular weight excluding hydrogens is 230 g/mol. The summed E-state index contributed by atoms with van der Waals surface area (Å²) in [5.41, 5.74) is 0.0546. The average molecular weight is 247 g/mol. The molecule has 0 aromatic carbocycles. The predicted octanol–water partition coefficient (Wildman–Crippen LogP) is 2.24. The lowest BCUT2D eigenvalue weighted by Crippen LogP contribution is -2.30. The Labute approximate surface area is 90.0 Å². The van der Waals surface area contributed by atoms with Gasteiger partial charge in [-0.2, -0.15) is 0 Å². The second kappa shape index (κ2) is 7.08. The van der Waals surface area contributed by atoms with Gasteiger partial charge in [0.05, 0.1) is 0 Å². The lowest BCUT2D eigenvalue weighted by atomic mass is 10.6. The molecule has 0 spiro atoms. The fraction of sp³-hybridized carbons (Fsp3) is 1.00. The van der Waals surface area contributed by atoms with Gasteiger partial charge in [0.25, 0.3) is 0 Å². The van der Waals surface area contributed by atoms with E-state index in [2.05, 4.69) is 10.2 Å². The van der Waals surface area contributed by atoms with Crippen molar-refractivity contribution in [1.29, 1.82) is 0 Å². The van der Waals surface area contributed by atoms with Crippen LogP contribution in [0.2, 0.25) is 0 Å². The molecule has 0 saturated carbocycles. The summed E-state index contributed by atoms with van der Waals surface area (Å²) in [7, 11) is -2.49. The Bertz CT molecular complexity index is 166. The standard InChI is InChI=1S/C7H17Cl2N2OP/c1-7(2)13(12,10-5-3-8)11-6-4-9/h7H,3-6H2,1-2H3,(H2,10,11,12). The second-order valence-corrected chi connectivity index (χ2v) is 6.68. The minimum Gasteiger partial charge on any atom is -0.289 e. The minimum absolute atomic E-state index is 0.0546. The SMILES string of the molecule is CC(C)P(=O)(NCCCl)NCCCl. The molecule has 3 nitrogen and oxygen atoms in total. The highest BCUT2D eigenvalue weighted by atomic mass is 35.5. The molecule has 0 saturated heterocycles. The zero-order valence-electron chi connectivity index (χ0n) is 8.02. The Morgan fingerprint density at radius 3 is 1.77 bits per heavy atom. The molecule has 6 heteroatoms. The first-order valence-corrected chi connectivity index (χ1v) is 7.13. The van der Waals surface area contributed by atoms with Gasteiger partial charge in [-0.1, -0.05) is 13.8 Å². The lowest BCUT2D eigenvalue weighted by Gasteiger charge is -2.23. The van der Waals surface area contributed by atoms with Crippen molar-refractivity contribution < 1.29 is 4.57 Å². The maximum absolute atomic E-state index is 12.1. The van der Waals surface area contributed by atoms with E-state index in [1.165, 1.54) is 0 Å². The van der Waals surface area contributed by atoms with E-state index >= 15 is 0 Å². The third-order valence-corrected chi connectivity index (χ3v) is 4.83. The molecule has 0 heterocycles. The number of alkyl halides is 2. The first-order valence-electron chi connectivity index (χ1n) is 4.28. The molecule has 0 atom stereocenters. The van der Waals surface area contributed by atoms with Crippen LogP contribution in [0.1, 0.15) is 13.8 Å². The molecule has 0 aliphatic rings. The smallest absolute Gasteiger partial charge is 0.213 e. The van der Waals surface area contributed by atoms with Gasteiger partial charge in [-0.15, -0.1) is 23.2 Å². The molecule has 0 aromatic heterocycles. The number of nitrogens with one attached hydrogen (secondary N) is 2. The first kappa shape index (κ1) is 13.7. The van der Waals surface area contributed by atoms with Crippen molar-refractivity contribution in [1.82, 2.24) is 10.2 Å². The molecule has 80 valence electrons. The number of hydrogen-bond acceptors (Lipinski definition) is 1. The fourth-order valence-electron chi connectivity index (χ4n) is 0.838. The van der Waals surface area contributed by atoms with E-state index in [4.69, 9.17) is 23.2 Å². The van der Waals surface area contributed by atoms with Gasteiger partial charge in [0, 0.05) is 30.5 Å². The third kappa shape index (κ3) is 5.24. The van der Waals surface area contributed by atoms with Gasteiger partial charge in [0.15, 0.2) is 0 Å². The summed E-state index contributed by atoms with van der Waals surface area (Å²) in [6.07, 6.45) is 0. The van der Waals surface area contributed by atoms with E-state index in [-0.39, 0.29) is 5.66 Å². The van der Waals surface area contributed by atoms with Gasteiger partial charge in [-0.25, -0.2) is 0 Å². The third-order valence-electron chi connectivity index (χ3n) is 1.61. The van der Waals surface area contributed by atoms with E-state index in [0.29, 0.717) is 24.8 Å². The summed E-state index contributed by atoms with van der Waals surface area (Å²) < 4.78 is 12.1. The van der Waals surface area contributed by atoms with Crippen LogP contribution in [0.4, 0.5) is 0 Å². The quantitative estimate of drug-likeness (QED) is 0.535. The minimum atomic E-state index is -2.49. The van der Waals surface area contributed by atoms with Crippen LogP contribution in [0.25, 0.3) is 0 Å². The van der Waals surface area contributed by atoms with Crippen LogP contribution in [0.3, 0.4) is 0 Å². The van der Waals surface area contributed by atoms with Crippen molar-refractivity contribution in [2.24, 2.45) is 0 Å². The highest BCUT2D eigenvalue weighted by molar-refractivity contribution is 7.60. The monoisotopic (exact) mass is 246 g/mol. The Balaban J connectivity index is 4.09. The van der Waals surface area contributed by atoms with Crippen molar-refractivity contribution in [3.63, 3.8) is 0 Å². The van der Waals surface area contributed by atoms with E-state index in [0.717, 1.165) is 0 Å². The highest BCUT2D eigenvalue weighted by Gasteiger charge is 2.24. The van der Waals surface area contributed by atoms with Crippen molar-refractivity contribution in [2.45, 2.75) is 19.5 Å². The van der Waals surface area contributed by atoms with Gasteiger partial charge in [-0.05, 0) is 0 Å². The molecule has 0 aliphatic heterocycles. The second-order valence-electron chi connectivity index (χ2n) is 2.95. The summed E-state index contributed by atoms with van der Waals surface area (Å²) >= 11 is 11.0. The van der Waals surface area contributed by atoms with Crippen molar-refractivity contribution in [3.05, 3.63) is 0 Å². The zero-order chi connectivity index (χ0) is 10.3. The Morgan fingerprint density at radius 1 is 1.15 bits per heavy atom. The van der Waals surface area contributed by atoms with Crippen LogP contribution in [0, 0.1) is 0 Å². The maximum Gasteiger partial charge on any atom is 0.213 e. The Hall–Kier alpha value is 0.730. The van der Waals surface area contributed by atoms with E-state index in [1.807, 2.05) is 13.8 Å². The molecule has 0 unspecified atom stereocenters. The first-order chi connectivity index (χ1) is 6.06. The molecule has 0 aromatic rings. The molecule has 0 bridgehead atoms. The molecular formula is C7H17Cl2N2OP. The summed E-state index contributed by atoms with van der Waals surface area (Å²) in [6.45, 7) is 4.91. The van der Waals surface area contributed by atoms with Crippen LogP contribution >= 0.6 is 30.6 Å². The number of rotatable bonds is 7. The molecule has 2 N–H and O–H groups in total. The Morgan fingerprint density at radius 2 is 1.54 bits per heavy atom. The average Bonchev–Trinajstić information content (AvgIpc) is 2.11. The normalized spacial score (nSPS) is 12.4. The van der Waals surface area contributed by atoms with Crippen LogP contribution in [0.15, 0.2) is 0 Å². The number of hydrogen-bond donors (Lipinski definition) is 2. The fourth-order valence-corrected chi connectivity index (χ4v) is 3.02. The summed E-state index contributed by atoms with van der Waals surface area (Å²) in [4.78, 5) is 0. The van der Waals surface area contributed by atoms with Gasteiger partial charge < -0.3 is 0 Å². The van der Waals surface area contributed by atoms with Crippen molar-refractivity contribution in [2.75, 3.05) is 24.8 Å². The van der Waals surface area contributed by atoms with Gasteiger partial charge in [0.2, 0.25) is 7.44 Å². The van der Waals surface area contributed by atoms with E-state index in [9.17, 15) is 4.57 Å². The van der Waals surface area contributed by atoms with Crippen molar-refractivity contribution in [3.8, 4) is 0 Å².